The first-order valence-electron chi connectivity index (χ1n) is 9.72. The van der Waals surface area contributed by atoms with Crippen LogP contribution in [0.4, 0.5) is 4.39 Å². The van der Waals surface area contributed by atoms with Crippen molar-refractivity contribution in [2.45, 2.75) is 51.0 Å². The Morgan fingerprint density at radius 3 is 2.88 bits per heavy atom. The lowest BCUT2D eigenvalue weighted by atomic mass is 9.85. The van der Waals surface area contributed by atoms with Crippen LogP contribution in [0.2, 0.25) is 0 Å². The molecule has 1 aromatic carbocycles. The fraction of sp³-hybridized carbons (Fsp3) is 0.524. The van der Waals surface area contributed by atoms with Crippen LogP contribution in [0.1, 0.15) is 49.4 Å². The average Bonchev–Trinajstić information content (AvgIpc) is 3.07. The SMILES string of the molecule is O=C(Cc1cccc(F)c1)N1CCC[C@@H](c2nccn2CC2CCC2)C1. The van der Waals surface area contributed by atoms with Crippen molar-refractivity contribution in [1.29, 1.82) is 0 Å². The normalized spacial score (nSPS) is 20.8. The molecule has 4 nitrogen and oxygen atoms in total. The smallest absolute Gasteiger partial charge is 0.227 e. The van der Waals surface area contributed by atoms with Gasteiger partial charge in [0.15, 0.2) is 0 Å². The summed E-state index contributed by atoms with van der Waals surface area (Å²) in [7, 11) is 0. The van der Waals surface area contributed by atoms with E-state index < -0.39 is 0 Å². The van der Waals surface area contributed by atoms with Crippen molar-refractivity contribution in [2.75, 3.05) is 13.1 Å². The molecule has 1 amide bonds. The Kier molecular flexibility index (Phi) is 5.05. The first-order valence-corrected chi connectivity index (χ1v) is 9.72. The highest BCUT2D eigenvalue weighted by atomic mass is 19.1. The number of imidazole rings is 1. The minimum Gasteiger partial charge on any atom is -0.342 e. The van der Waals surface area contributed by atoms with Crippen LogP contribution < -0.4 is 0 Å². The van der Waals surface area contributed by atoms with Crippen molar-refractivity contribution >= 4 is 5.91 Å². The molecule has 2 aromatic rings. The summed E-state index contributed by atoms with van der Waals surface area (Å²) in [6, 6.07) is 6.33. The molecule has 4 rings (SSSR count). The first-order chi connectivity index (χ1) is 12.7. The predicted molar refractivity (Wildman–Crippen MR) is 98.2 cm³/mol. The standard InChI is InChI=1S/C21H26FN3O/c22-19-8-2-6-17(12-19)13-20(26)24-10-3-7-18(15-24)21-23-9-11-25(21)14-16-4-1-5-16/h2,6,8-9,11-12,16,18H,1,3-5,7,10,13-15H2/t18-/m1/s1. The Morgan fingerprint density at radius 1 is 1.23 bits per heavy atom. The Morgan fingerprint density at radius 2 is 2.12 bits per heavy atom. The highest BCUT2D eigenvalue weighted by Gasteiger charge is 2.28. The van der Waals surface area contributed by atoms with E-state index in [0.717, 1.165) is 49.8 Å². The topological polar surface area (TPSA) is 38.1 Å². The summed E-state index contributed by atoms with van der Waals surface area (Å²) < 4.78 is 15.7. The summed E-state index contributed by atoms with van der Waals surface area (Å²) in [5.74, 6) is 2.01. The van der Waals surface area contributed by atoms with Gasteiger partial charge in [0, 0.05) is 37.9 Å². The third-order valence-electron chi connectivity index (χ3n) is 5.81. The maximum Gasteiger partial charge on any atom is 0.227 e. The van der Waals surface area contributed by atoms with E-state index in [4.69, 9.17) is 0 Å². The molecule has 1 saturated carbocycles. The summed E-state index contributed by atoms with van der Waals surface area (Å²) in [5.41, 5.74) is 0.739. The number of halogens is 1. The van der Waals surface area contributed by atoms with Crippen LogP contribution in [0.5, 0.6) is 0 Å². The number of amides is 1. The number of hydrogen-bond acceptors (Lipinski definition) is 2. The van der Waals surface area contributed by atoms with Crippen LogP contribution in [0.15, 0.2) is 36.7 Å². The zero-order valence-electron chi connectivity index (χ0n) is 15.1. The number of carbonyl (C=O) groups excluding carboxylic acids is 1. The van der Waals surface area contributed by atoms with Crippen LogP contribution >= 0.6 is 0 Å². The van der Waals surface area contributed by atoms with Crippen molar-refractivity contribution in [3.63, 3.8) is 0 Å². The number of hydrogen-bond donors (Lipinski definition) is 0. The minimum absolute atomic E-state index is 0.0809. The van der Waals surface area contributed by atoms with E-state index in [1.54, 1.807) is 6.07 Å². The minimum atomic E-state index is -0.287. The molecule has 1 aromatic heterocycles. The Labute approximate surface area is 154 Å². The van der Waals surface area contributed by atoms with Gasteiger partial charge in [0.2, 0.25) is 5.91 Å². The summed E-state index contributed by atoms with van der Waals surface area (Å²) in [4.78, 5) is 19.2. The molecule has 1 aliphatic carbocycles. The second-order valence-corrected chi connectivity index (χ2v) is 7.72. The van der Waals surface area contributed by atoms with Gasteiger partial charge in [-0.3, -0.25) is 4.79 Å². The van der Waals surface area contributed by atoms with E-state index >= 15 is 0 Å². The molecule has 2 heterocycles. The maximum atomic E-state index is 13.4. The van der Waals surface area contributed by atoms with Gasteiger partial charge in [-0.25, -0.2) is 9.37 Å². The zero-order valence-corrected chi connectivity index (χ0v) is 15.1. The molecule has 0 N–H and O–H groups in total. The van der Waals surface area contributed by atoms with Gasteiger partial charge in [0.05, 0.1) is 6.42 Å². The van der Waals surface area contributed by atoms with E-state index in [9.17, 15) is 9.18 Å². The van der Waals surface area contributed by atoms with Gasteiger partial charge in [-0.1, -0.05) is 18.6 Å². The third-order valence-corrected chi connectivity index (χ3v) is 5.81. The van der Waals surface area contributed by atoms with Gasteiger partial charge in [-0.15, -0.1) is 0 Å². The molecule has 2 aliphatic rings. The van der Waals surface area contributed by atoms with Gasteiger partial charge in [-0.2, -0.15) is 0 Å². The molecule has 0 bridgehead atoms. The van der Waals surface area contributed by atoms with Gasteiger partial charge < -0.3 is 9.47 Å². The third kappa shape index (κ3) is 3.81. The average molecular weight is 355 g/mol. The van der Waals surface area contributed by atoms with Crippen LogP contribution in [0.25, 0.3) is 0 Å². The maximum absolute atomic E-state index is 13.4. The molecule has 0 unspecified atom stereocenters. The van der Waals surface area contributed by atoms with E-state index in [-0.39, 0.29) is 18.1 Å². The highest BCUT2D eigenvalue weighted by molar-refractivity contribution is 5.79. The lowest BCUT2D eigenvalue weighted by molar-refractivity contribution is -0.131. The second-order valence-electron chi connectivity index (χ2n) is 7.72. The van der Waals surface area contributed by atoms with Crippen molar-refractivity contribution in [1.82, 2.24) is 14.5 Å². The van der Waals surface area contributed by atoms with Crippen molar-refractivity contribution in [2.24, 2.45) is 5.92 Å². The van der Waals surface area contributed by atoms with Crippen LogP contribution in [0.3, 0.4) is 0 Å². The van der Waals surface area contributed by atoms with Crippen LogP contribution in [0, 0.1) is 11.7 Å². The van der Waals surface area contributed by atoms with E-state index in [2.05, 4.69) is 15.7 Å². The first kappa shape index (κ1) is 17.3. The summed E-state index contributed by atoms with van der Waals surface area (Å²) in [5, 5.41) is 0. The van der Waals surface area contributed by atoms with Gasteiger partial charge in [0.25, 0.3) is 0 Å². The van der Waals surface area contributed by atoms with Gasteiger partial charge in [0.1, 0.15) is 11.6 Å². The number of carbonyl (C=O) groups is 1. The number of rotatable bonds is 5. The molecular formula is C21H26FN3O. The fourth-order valence-corrected chi connectivity index (χ4v) is 4.14. The van der Waals surface area contributed by atoms with Gasteiger partial charge in [-0.05, 0) is 49.3 Å². The quantitative estimate of drug-likeness (QED) is 0.819. The van der Waals surface area contributed by atoms with Crippen molar-refractivity contribution < 1.29 is 9.18 Å². The van der Waals surface area contributed by atoms with Gasteiger partial charge >= 0.3 is 0 Å². The van der Waals surface area contributed by atoms with Crippen molar-refractivity contribution in [3.05, 3.63) is 53.9 Å². The monoisotopic (exact) mass is 355 g/mol. The number of benzene rings is 1. The Bertz CT molecular complexity index is 768. The fourth-order valence-electron chi connectivity index (χ4n) is 4.14. The molecule has 138 valence electrons. The second kappa shape index (κ2) is 7.60. The molecular weight excluding hydrogens is 329 g/mol. The predicted octanol–water partition coefficient (Wildman–Crippen LogP) is 3.77. The van der Waals surface area contributed by atoms with Crippen LogP contribution in [-0.4, -0.2) is 33.4 Å². The summed E-state index contributed by atoms with van der Waals surface area (Å²) in [6.07, 6.45) is 10.3. The molecule has 0 spiro atoms. The molecule has 1 atom stereocenters. The van der Waals surface area contributed by atoms with E-state index in [1.807, 2.05) is 17.2 Å². The summed E-state index contributed by atoms with van der Waals surface area (Å²) >= 11 is 0. The molecule has 1 saturated heterocycles. The van der Waals surface area contributed by atoms with E-state index in [1.165, 1.54) is 31.4 Å². The van der Waals surface area contributed by atoms with Crippen molar-refractivity contribution in [3.8, 4) is 0 Å². The zero-order chi connectivity index (χ0) is 17.9. The molecule has 2 fully saturated rings. The largest absolute Gasteiger partial charge is 0.342 e. The molecule has 26 heavy (non-hydrogen) atoms. The number of piperidine rings is 1. The number of aromatic nitrogens is 2. The lowest BCUT2D eigenvalue weighted by Crippen LogP contribution is -2.40. The van der Waals surface area contributed by atoms with Crippen LogP contribution in [-0.2, 0) is 17.8 Å². The summed E-state index contributed by atoms with van der Waals surface area (Å²) in [6.45, 7) is 2.56. The highest BCUT2D eigenvalue weighted by Crippen LogP contribution is 2.31. The Hall–Kier alpha value is -2.17. The molecule has 5 heteroatoms. The Balaban J connectivity index is 1.41. The van der Waals surface area contributed by atoms with E-state index in [0.29, 0.717) is 5.92 Å². The number of likely N-dealkylation sites (tertiary alicyclic amines) is 1. The lowest BCUT2D eigenvalue weighted by Gasteiger charge is -2.34. The molecule has 1 aliphatic heterocycles. The number of nitrogens with zero attached hydrogens (tertiary/aromatic N) is 3. The molecule has 0 radical (unpaired) electrons.